The number of hydrogen-bond donors (Lipinski definition) is 0. The molecule has 0 aromatic carbocycles. The zero-order chi connectivity index (χ0) is 20.4. The molecular formula is C27H48. The van der Waals surface area contributed by atoms with Gasteiger partial charge in [0.1, 0.15) is 0 Å². The summed E-state index contributed by atoms with van der Waals surface area (Å²) in [5, 5.41) is 0. The van der Waals surface area contributed by atoms with Crippen molar-refractivity contribution in [3.63, 3.8) is 0 Å². The van der Waals surface area contributed by atoms with Gasteiger partial charge < -0.3 is 0 Å². The van der Waals surface area contributed by atoms with E-state index in [4.69, 9.17) is 6.42 Å². The Labute approximate surface area is 172 Å². The smallest absolute Gasteiger partial charge is 0.00497 e. The van der Waals surface area contributed by atoms with Gasteiger partial charge in [0.15, 0.2) is 0 Å². The van der Waals surface area contributed by atoms with Gasteiger partial charge in [-0.25, -0.2) is 0 Å². The number of rotatable bonds is 1. The fraction of sp³-hybridized carbons (Fsp3) is 0.630. The first-order valence-electron chi connectivity index (χ1n) is 10.5. The van der Waals surface area contributed by atoms with E-state index in [-0.39, 0.29) is 7.43 Å². The standard InChI is InChI=1S/C9H18.C9H10.C6H10.C2H6.CH4/c1-9-7-5-3-2-4-6-8-9;1-3-9-7-5-4-6-8(9)2;1-5(2)6(3)4;1-2;/h9H,2-8H2,1H3;1,4,6H,5,7H2,2H3;1,3H2,2,4H3;1-2H3;1H4. The predicted octanol–water partition coefficient (Wildman–Crippen LogP) is 9.45. The second-order valence-electron chi connectivity index (χ2n) is 7.26. The van der Waals surface area contributed by atoms with Crippen molar-refractivity contribution in [2.45, 2.75) is 107 Å². The van der Waals surface area contributed by atoms with Gasteiger partial charge in [0.05, 0.1) is 0 Å². The summed E-state index contributed by atoms with van der Waals surface area (Å²) in [5.74, 6) is 3.70. The van der Waals surface area contributed by atoms with Gasteiger partial charge in [-0.15, -0.1) is 6.42 Å². The van der Waals surface area contributed by atoms with Gasteiger partial charge in [0.25, 0.3) is 0 Å². The third kappa shape index (κ3) is 19.1. The lowest BCUT2D eigenvalue weighted by Crippen LogP contribution is -1.97. The molecule has 2 aliphatic carbocycles. The van der Waals surface area contributed by atoms with Gasteiger partial charge in [-0.1, -0.05) is 116 Å². The van der Waals surface area contributed by atoms with Crippen LogP contribution < -0.4 is 0 Å². The zero-order valence-corrected chi connectivity index (χ0v) is 18.6. The summed E-state index contributed by atoms with van der Waals surface area (Å²) in [6.45, 7) is 19.7. The molecule has 0 amide bonds. The molecule has 0 nitrogen and oxygen atoms in total. The highest BCUT2D eigenvalue weighted by Crippen LogP contribution is 2.21. The van der Waals surface area contributed by atoms with Crippen LogP contribution in [0.25, 0.3) is 0 Å². The molecule has 2 aliphatic rings. The maximum atomic E-state index is 5.25. The van der Waals surface area contributed by atoms with Gasteiger partial charge in [0.2, 0.25) is 0 Å². The lowest BCUT2D eigenvalue weighted by atomic mass is 9.93. The largest absolute Gasteiger partial charge is 0.115 e. The third-order valence-electron chi connectivity index (χ3n) is 4.70. The first-order valence-corrected chi connectivity index (χ1v) is 10.5. The molecule has 0 unspecified atom stereocenters. The van der Waals surface area contributed by atoms with Crippen molar-refractivity contribution in [2.24, 2.45) is 5.92 Å². The highest BCUT2D eigenvalue weighted by Gasteiger charge is 2.04. The van der Waals surface area contributed by atoms with E-state index in [1.807, 2.05) is 27.7 Å². The summed E-state index contributed by atoms with van der Waals surface area (Å²) in [5.41, 5.74) is 4.55. The molecule has 0 heteroatoms. The van der Waals surface area contributed by atoms with Crippen LogP contribution in [0.1, 0.15) is 107 Å². The number of allylic oxidation sites excluding steroid dienone is 6. The maximum Gasteiger partial charge on any atom is 0.00497 e. The van der Waals surface area contributed by atoms with Gasteiger partial charge in [-0.05, 0) is 45.1 Å². The Balaban J connectivity index is -0.000000307. The molecular weight excluding hydrogens is 324 g/mol. The van der Waals surface area contributed by atoms with E-state index in [1.165, 1.54) is 50.5 Å². The average molecular weight is 373 g/mol. The van der Waals surface area contributed by atoms with Crippen molar-refractivity contribution >= 4 is 0 Å². The quantitative estimate of drug-likeness (QED) is 0.317. The molecule has 2 rings (SSSR count). The van der Waals surface area contributed by atoms with E-state index in [1.54, 1.807) is 0 Å². The van der Waals surface area contributed by atoms with Crippen molar-refractivity contribution < 1.29 is 0 Å². The first kappa shape index (κ1) is 30.3. The molecule has 1 fully saturated rings. The van der Waals surface area contributed by atoms with Crippen molar-refractivity contribution in [3.8, 4) is 12.3 Å². The second kappa shape index (κ2) is 20.8. The SMILES string of the molecule is C.C#CC1=C(C)C=CCC1.C=C(C)C(=C)C.CC.CC1CCCCCCC1. The molecule has 0 heterocycles. The van der Waals surface area contributed by atoms with Crippen LogP contribution in [0, 0.1) is 18.3 Å². The molecule has 156 valence electrons. The molecule has 0 atom stereocenters. The summed E-state index contributed by atoms with van der Waals surface area (Å²) in [6.07, 6.45) is 22.1. The van der Waals surface area contributed by atoms with Crippen LogP contribution in [0.2, 0.25) is 0 Å². The molecule has 0 aromatic heterocycles. The summed E-state index contributed by atoms with van der Waals surface area (Å²) in [4.78, 5) is 0. The van der Waals surface area contributed by atoms with Gasteiger partial charge in [0, 0.05) is 5.57 Å². The van der Waals surface area contributed by atoms with Crippen LogP contribution in [-0.4, -0.2) is 0 Å². The summed E-state index contributed by atoms with van der Waals surface area (Å²) >= 11 is 0. The van der Waals surface area contributed by atoms with Crippen LogP contribution in [-0.2, 0) is 0 Å². The molecule has 0 spiro atoms. The zero-order valence-electron chi connectivity index (χ0n) is 18.6. The molecule has 0 radical (unpaired) electrons. The fourth-order valence-corrected chi connectivity index (χ4v) is 2.63. The van der Waals surface area contributed by atoms with Crippen molar-refractivity contribution in [1.82, 2.24) is 0 Å². The summed E-state index contributed by atoms with van der Waals surface area (Å²) in [6, 6.07) is 0. The lowest BCUT2D eigenvalue weighted by Gasteiger charge is -2.13. The molecule has 0 saturated heterocycles. The van der Waals surface area contributed by atoms with E-state index >= 15 is 0 Å². The Hall–Kier alpha value is -1.48. The van der Waals surface area contributed by atoms with E-state index < -0.39 is 0 Å². The van der Waals surface area contributed by atoms with Gasteiger partial charge in [-0.2, -0.15) is 0 Å². The molecule has 0 N–H and O–H groups in total. The maximum absolute atomic E-state index is 5.25. The Morgan fingerprint density at radius 2 is 1.44 bits per heavy atom. The Morgan fingerprint density at radius 1 is 1.00 bits per heavy atom. The highest BCUT2D eigenvalue weighted by atomic mass is 14.1. The van der Waals surface area contributed by atoms with E-state index in [0.29, 0.717) is 0 Å². The topological polar surface area (TPSA) is 0 Å². The fourth-order valence-electron chi connectivity index (χ4n) is 2.63. The molecule has 1 saturated carbocycles. The first-order chi connectivity index (χ1) is 12.4. The normalized spacial score (nSPS) is 16.2. The van der Waals surface area contributed by atoms with Gasteiger partial charge >= 0.3 is 0 Å². The van der Waals surface area contributed by atoms with E-state index in [9.17, 15) is 0 Å². The number of hydrogen-bond acceptors (Lipinski definition) is 0. The molecule has 0 aliphatic heterocycles. The number of terminal acetylenes is 1. The Morgan fingerprint density at radius 3 is 1.78 bits per heavy atom. The Kier molecular flexibility index (Phi) is 23.3. The van der Waals surface area contributed by atoms with Crippen LogP contribution in [0.5, 0.6) is 0 Å². The Bertz CT molecular complexity index is 459. The highest BCUT2D eigenvalue weighted by molar-refractivity contribution is 5.38. The van der Waals surface area contributed by atoms with Crippen molar-refractivity contribution in [2.75, 3.05) is 0 Å². The van der Waals surface area contributed by atoms with Gasteiger partial charge in [-0.3, -0.25) is 0 Å². The molecule has 0 aromatic rings. The minimum absolute atomic E-state index is 0. The third-order valence-corrected chi connectivity index (χ3v) is 4.70. The van der Waals surface area contributed by atoms with Crippen molar-refractivity contribution in [3.05, 3.63) is 47.6 Å². The van der Waals surface area contributed by atoms with Crippen molar-refractivity contribution in [1.29, 1.82) is 0 Å². The van der Waals surface area contributed by atoms with E-state index in [0.717, 1.165) is 35.5 Å². The lowest BCUT2D eigenvalue weighted by molar-refractivity contribution is 0.404. The second-order valence-corrected chi connectivity index (χ2v) is 7.26. The molecule has 27 heavy (non-hydrogen) atoms. The van der Waals surface area contributed by atoms with Crippen LogP contribution in [0.15, 0.2) is 47.6 Å². The molecule has 0 bridgehead atoms. The van der Waals surface area contributed by atoms with Crippen LogP contribution >= 0.6 is 0 Å². The minimum atomic E-state index is 0. The minimum Gasteiger partial charge on any atom is -0.115 e. The monoisotopic (exact) mass is 372 g/mol. The predicted molar refractivity (Wildman–Crippen MR) is 129 cm³/mol. The van der Waals surface area contributed by atoms with Crippen LogP contribution in [0.3, 0.4) is 0 Å². The van der Waals surface area contributed by atoms with Crippen LogP contribution in [0.4, 0.5) is 0 Å². The summed E-state index contributed by atoms with van der Waals surface area (Å²) in [7, 11) is 0. The average Bonchev–Trinajstić information content (AvgIpc) is 2.61. The summed E-state index contributed by atoms with van der Waals surface area (Å²) < 4.78 is 0. The van der Waals surface area contributed by atoms with E-state index in [2.05, 4.69) is 45.1 Å².